The van der Waals surface area contributed by atoms with E-state index in [1.807, 2.05) is 0 Å². The fraction of sp³-hybridized carbons (Fsp3) is 0.345. The lowest BCUT2D eigenvalue weighted by atomic mass is 10.1. The van der Waals surface area contributed by atoms with Crippen molar-refractivity contribution in [2.75, 3.05) is 45.2 Å². The number of nitrogens with one attached hydrogen (secondary N) is 2. The van der Waals surface area contributed by atoms with Crippen LogP contribution in [0.3, 0.4) is 0 Å². The number of pyridine rings is 1. The molecule has 1 aromatic heterocycles. The van der Waals surface area contributed by atoms with Gasteiger partial charge in [0.2, 0.25) is 5.91 Å². The van der Waals surface area contributed by atoms with Gasteiger partial charge in [0.05, 0.1) is 11.1 Å². The maximum atomic E-state index is 13.8. The van der Waals surface area contributed by atoms with Crippen molar-refractivity contribution in [2.24, 2.45) is 0 Å². The van der Waals surface area contributed by atoms with Gasteiger partial charge < -0.3 is 29.9 Å². The van der Waals surface area contributed by atoms with Crippen molar-refractivity contribution in [1.82, 2.24) is 25.0 Å². The topological polar surface area (TPSA) is 144 Å². The normalized spacial score (nSPS) is 13.7. The van der Waals surface area contributed by atoms with E-state index in [2.05, 4.69) is 15.6 Å². The number of benzene rings is 2. The standard InChI is InChI=1S/C29H31ClF2N6O6/c1-36(27(40)34-16-19-3-2-4-23(32)26(19)30)22(7-8-25(39)37-9-11-38(12-10-37)29(42)43)17-44-28(41)35-24-14-20-13-21(31)6-5-18(20)15-33-24/h2-6,13-15,22H,7-12,16-17H2,1H3,(H,34,40)(H,42,43)(H,33,35,41). The van der Waals surface area contributed by atoms with Crippen LogP contribution in [0.25, 0.3) is 10.8 Å². The fourth-order valence-corrected chi connectivity index (χ4v) is 4.82. The Hall–Kier alpha value is -4.72. The zero-order chi connectivity index (χ0) is 31.8. The molecule has 0 saturated carbocycles. The smallest absolute Gasteiger partial charge is 0.412 e. The maximum absolute atomic E-state index is 13.8. The van der Waals surface area contributed by atoms with Gasteiger partial charge in [0.1, 0.15) is 24.1 Å². The molecule has 3 N–H and O–H groups in total. The summed E-state index contributed by atoms with van der Waals surface area (Å²) in [4.78, 5) is 57.9. The molecular weight excluding hydrogens is 602 g/mol. The average molecular weight is 633 g/mol. The zero-order valence-corrected chi connectivity index (χ0v) is 24.5. The van der Waals surface area contributed by atoms with Gasteiger partial charge in [-0.2, -0.15) is 0 Å². The summed E-state index contributed by atoms with van der Waals surface area (Å²) in [6, 6.07) is 8.52. The third kappa shape index (κ3) is 8.43. The van der Waals surface area contributed by atoms with E-state index in [4.69, 9.17) is 21.4 Å². The van der Waals surface area contributed by atoms with Gasteiger partial charge in [-0.15, -0.1) is 0 Å². The fourth-order valence-electron chi connectivity index (χ4n) is 4.62. The van der Waals surface area contributed by atoms with Crippen molar-refractivity contribution in [2.45, 2.75) is 25.4 Å². The van der Waals surface area contributed by atoms with E-state index < -0.39 is 35.9 Å². The number of hydrogen-bond donors (Lipinski definition) is 3. The maximum Gasteiger partial charge on any atom is 0.412 e. The van der Waals surface area contributed by atoms with E-state index in [-0.39, 0.29) is 68.9 Å². The number of likely N-dealkylation sites (N-methyl/N-ethyl adjacent to an activating group) is 1. The van der Waals surface area contributed by atoms with Crippen molar-refractivity contribution < 1.29 is 37.8 Å². The Kier molecular flexibility index (Phi) is 10.7. The van der Waals surface area contributed by atoms with Gasteiger partial charge in [0, 0.05) is 57.8 Å². The van der Waals surface area contributed by atoms with Gasteiger partial charge in [-0.3, -0.25) is 10.1 Å². The Morgan fingerprint density at radius 2 is 1.80 bits per heavy atom. The minimum atomic E-state index is -1.05. The lowest BCUT2D eigenvalue weighted by Crippen LogP contribution is -2.50. The first-order valence-corrected chi connectivity index (χ1v) is 14.1. The minimum absolute atomic E-state index is 0.00610. The van der Waals surface area contributed by atoms with E-state index in [0.717, 1.165) is 0 Å². The Bertz CT molecular complexity index is 1540. The molecule has 12 nitrogen and oxygen atoms in total. The number of carboxylic acid groups (broad SMARTS) is 1. The number of amides is 5. The number of halogens is 3. The first-order chi connectivity index (χ1) is 21.0. The van der Waals surface area contributed by atoms with Crippen LogP contribution in [0.4, 0.5) is 29.0 Å². The molecule has 4 rings (SSSR count). The van der Waals surface area contributed by atoms with Crippen LogP contribution in [0.2, 0.25) is 5.02 Å². The second-order valence-corrected chi connectivity index (χ2v) is 10.5. The predicted octanol–water partition coefficient (Wildman–Crippen LogP) is 4.53. The Labute approximate surface area is 256 Å². The Morgan fingerprint density at radius 3 is 2.52 bits per heavy atom. The number of urea groups is 1. The molecular formula is C29H31ClF2N6O6. The molecule has 1 aliphatic rings. The number of fused-ring (bicyclic) bond motifs is 1. The lowest BCUT2D eigenvalue weighted by Gasteiger charge is -2.34. The van der Waals surface area contributed by atoms with Crippen LogP contribution in [0.5, 0.6) is 0 Å². The van der Waals surface area contributed by atoms with Crippen molar-refractivity contribution in [3.8, 4) is 0 Å². The molecule has 0 bridgehead atoms. The van der Waals surface area contributed by atoms with Crippen LogP contribution in [-0.2, 0) is 16.1 Å². The van der Waals surface area contributed by atoms with E-state index in [9.17, 15) is 28.0 Å². The van der Waals surface area contributed by atoms with Crippen molar-refractivity contribution in [1.29, 1.82) is 0 Å². The van der Waals surface area contributed by atoms with E-state index in [1.54, 1.807) is 17.0 Å². The Balaban J connectivity index is 1.38. The molecule has 1 unspecified atom stereocenters. The molecule has 234 valence electrons. The molecule has 0 spiro atoms. The summed E-state index contributed by atoms with van der Waals surface area (Å²) in [5.74, 6) is -1.19. The first-order valence-electron chi connectivity index (χ1n) is 13.7. The lowest BCUT2D eigenvalue weighted by molar-refractivity contribution is -0.133. The highest BCUT2D eigenvalue weighted by atomic mass is 35.5. The molecule has 1 saturated heterocycles. The second kappa shape index (κ2) is 14.6. The monoisotopic (exact) mass is 632 g/mol. The second-order valence-electron chi connectivity index (χ2n) is 10.1. The average Bonchev–Trinajstić information content (AvgIpc) is 3.01. The minimum Gasteiger partial charge on any atom is -0.465 e. The highest BCUT2D eigenvalue weighted by molar-refractivity contribution is 6.31. The van der Waals surface area contributed by atoms with Crippen LogP contribution < -0.4 is 10.6 Å². The molecule has 44 heavy (non-hydrogen) atoms. The van der Waals surface area contributed by atoms with E-state index in [0.29, 0.717) is 16.3 Å². The van der Waals surface area contributed by atoms with Gasteiger partial charge in [-0.25, -0.2) is 28.1 Å². The third-order valence-corrected chi connectivity index (χ3v) is 7.67. The molecule has 0 aliphatic carbocycles. The number of carbonyl (C=O) groups is 4. The molecule has 2 heterocycles. The number of piperazine rings is 1. The highest BCUT2D eigenvalue weighted by Gasteiger charge is 2.27. The number of rotatable bonds is 9. The third-order valence-electron chi connectivity index (χ3n) is 7.24. The Morgan fingerprint density at radius 1 is 1.07 bits per heavy atom. The molecule has 1 aliphatic heterocycles. The summed E-state index contributed by atoms with van der Waals surface area (Å²) in [6.07, 6.45) is -0.351. The van der Waals surface area contributed by atoms with Crippen molar-refractivity contribution in [3.05, 3.63) is 70.9 Å². The molecule has 0 radical (unpaired) electrons. The highest BCUT2D eigenvalue weighted by Crippen LogP contribution is 2.20. The van der Waals surface area contributed by atoms with E-state index in [1.165, 1.54) is 53.4 Å². The van der Waals surface area contributed by atoms with Gasteiger partial charge in [0.25, 0.3) is 0 Å². The van der Waals surface area contributed by atoms with Crippen LogP contribution in [-0.4, -0.2) is 94.8 Å². The molecule has 1 fully saturated rings. The van der Waals surface area contributed by atoms with Gasteiger partial charge >= 0.3 is 18.2 Å². The van der Waals surface area contributed by atoms with Gasteiger partial charge in [0.15, 0.2) is 0 Å². The predicted molar refractivity (Wildman–Crippen MR) is 157 cm³/mol. The number of nitrogens with zero attached hydrogens (tertiary/aromatic N) is 4. The van der Waals surface area contributed by atoms with Crippen LogP contribution in [0, 0.1) is 11.6 Å². The van der Waals surface area contributed by atoms with Crippen LogP contribution in [0.1, 0.15) is 18.4 Å². The number of ether oxygens (including phenoxy) is 1. The zero-order valence-electron chi connectivity index (χ0n) is 23.8. The van der Waals surface area contributed by atoms with Crippen molar-refractivity contribution in [3.63, 3.8) is 0 Å². The first kappa shape index (κ1) is 32.2. The number of carbonyl (C=O) groups excluding carboxylic acids is 3. The van der Waals surface area contributed by atoms with E-state index >= 15 is 0 Å². The van der Waals surface area contributed by atoms with Crippen molar-refractivity contribution >= 4 is 52.3 Å². The summed E-state index contributed by atoms with van der Waals surface area (Å²) < 4.78 is 32.8. The van der Waals surface area contributed by atoms with Gasteiger partial charge in [-0.05, 0) is 47.7 Å². The molecule has 3 aromatic rings. The van der Waals surface area contributed by atoms with Crippen LogP contribution >= 0.6 is 11.6 Å². The molecule has 1 atom stereocenters. The van der Waals surface area contributed by atoms with Gasteiger partial charge in [-0.1, -0.05) is 23.7 Å². The summed E-state index contributed by atoms with van der Waals surface area (Å²) >= 11 is 5.99. The number of aromatic nitrogens is 1. The number of hydrogen-bond acceptors (Lipinski definition) is 6. The molecule has 2 aromatic carbocycles. The van der Waals surface area contributed by atoms with Crippen LogP contribution in [0.15, 0.2) is 48.7 Å². The summed E-state index contributed by atoms with van der Waals surface area (Å²) in [6.45, 7) is 0.486. The molecule has 5 amide bonds. The summed E-state index contributed by atoms with van der Waals surface area (Å²) in [7, 11) is 1.46. The largest absolute Gasteiger partial charge is 0.465 e. The summed E-state index contributed by atoms with van der Waals surface area (Å²) in [5, 5.41) is 15.3. The molecule has 15 heteroatoms. The number of anilines is 1. The summed E-state index contributed by atoms with van der Waals surface area (Å²) in [5.41, 5.74) is 0.360. The quantitative estimate of drug-likeness (QED) is 0.314. The SMILES string of the molecule is CN(C(=O)NCc1cccc(F)c1Cl)C(CCC(=O)N1CCN(C(=O)O)CC1)COC(=O)Nc1cc2cc(F)ccc2cn1.